The van der Waals surface area contributed by atoms with Crippen molar-refractivity contribution < 1.29 is 0 Å². The Balaban J connectivity index is 1.97. The van der Waals surface area contributed by atoms with Crippen LogP contribution in [0.4, 0.5) is 5.95 Å². The molecule has 0 aromatic carbocycles. The van der Waals surface area contributed by atoms with Crippen LogP contribution >= 0.6 is 0 Å². The standard InChI is InChI=1S/C16H30N4/c1-12(2)14-8-6-7-9-15(14)17-10-13-11-18-16(19(3)4)20(13)5/h11-12,14-15,17H,6-10H2,1-5H3. The maximum atomic E-state index is 4.48. The van der Waals surface area contributed by atoms with Gasteiger partial charge in [0.25, 0.3) is 0 Å². The molecular formula is C16H30N4. The van der Waals surface area contributed by atoms with E-state index in [9.17, 15) is 0 Å². The third-order valence-corrected chi connectivity index (χ3v) is 4.68. The fourth-order valence-corrected chi connectivity index (χ4v) is 3.46. The van der Waals surface area contributed by atoms with Crippen LogP contribution in [0.2, 0.25) is 0 Å². The Hall–Kier alpha value is -1.03. The molecule has 4 nitrogen and oxygen atoms in total. The van der Waals surface area contributed by atoms with Crippen LogP contribution in [0.5, 0.6) is 0 Å². The van der Waals surface area contributed by atoms with Crippen molar-refractivity contribution >= 4 is 5.95 Å². The Morgan fingerprint density at radius 1 is 1.35 bits per heavy atom. The van der Waals surface area contributed by atoms with Gasteiger partial charge in [0.1, 0.15) is 0 Å². The summed E-state index contributed by atoms with van der Waals surface area (Å²) in [6.07, 6.45) is 7.47. The minimum absolute atomic E-state index is 0.668. The number of nitrogens with zero attached hydrogens (tertiary/aromatic N) is 3. The van der Waals surface area contributed by atoms with Crippen LogP contribution in [0.25, 0.3) is 0 Å². The van der Waals surface area contributed by atoms with Gasteiger partial charge in [0.05, 0.1) is 11.9 Å². The molecule has 1 aliphatic carbocycles. The molecule has 0 saturated heterocycles. The molecule has 1 aliphatic rings. The predicted molar refractivity (Wildman–Crippen MR) is 85.0 cm³/mol. The summed E-state index contributed by atoms with van der Waals surface area (Å²) in [4.78, 5) is 6.54. The topological polar surface area (TPSA) is 33.1 Å². The molecule has 0 radical (unpaired) electrons. The lowest BCUT2D eigenvalue weighted by Crippen LogP contribution is -2.40. The lowest BCUT2D eigenvalue weighted by molar-refractivity contribution is 0.204. The molecule has 1 N–H and O–H groups in total. The van der Waals surface area contributed by atoms with E-state index in [0.717, 1.165) is 24.3 Å². The van der Waals surface area contributed by atoms with Crippen molar-refractivity contribution in [3.63, 3.8) is 0 Å². The van der Waals surface area contributed by atoms with E-state index in [4.69, 9.17) is 0 Å². The van der Waals surface area contributed by atoms with Crippen molar-refractivity contribution in [1.29, 1.82) is 0 Å². The Morgan fingerprint density at radius 3 is 2.65 bits per heavy atom. The average Bonchev–Trinajstić information content (AvgIpc) is 2.78. The van der Waals surface area contributed by atoms with E-state index in [0.29, 0.717) is 6.04 Å². The van der Waals surface area contributed by atoms with Crippen molar-refractivity contribution in [1.82, 2.24) is 14.9 Å². The van der Waals surface area contributed by atoms with Gasteiger partial charge in [-0.2, -0.15) is 0 Å². The lowest BCUT2D eigenvalue weighted by Gasteiger charge is -2.35. The molecular weight excluding hydrogens is 248 g/mol. The molecule has 1 heterocycles. The first-order valence-electron chi connectivity index (χ1n) is 7.92. The summed E-state index contributed by atoms with van der Waals surface area (Å²) in [6, 6.07) is 0.668. The highest BCUT2D eigenvalue weighted by Gasteiger charge is 2.27. The molecule has 2 rings (SSSR count). The Bertz CT molecular complexity index is 422. The zero-order valence-electron chi connectivity index (χ0n) is 13.7. The van der Waals surface area contributed by atoms with Gasteiger partial charge in [-0.1, -0.05) is 26.7 Å². The maximum absolute atomic E-state index is 4.48. The van der Waals surface area contributed by atoms with Gasteiger partial charge in [-0.05, 0) is 24.7 Å². The van der Waals surface area contributed by atoms with Gasteiger partial charge in [-0.15, -0.1) is 0 Å². The van der Waals surface area contributed by atoms with Gasteiger partial charge in [-0.3, -0.25) is 0 Å². The van der Waals surface area contributed by atoms with E-state index in [1.807, 2.05) is 20.3 Å². The molecule has 0 bridgehead atoms. The molecule has 1 aromatic rings. The van der Waals surface area contributed by atoms with Gasteiger partial charge >= 0.3 is 0 Å². The second-order valence-corrected chi connectivity index (χ2v) is 6.68. The summed E-state index contributed by atoms with van der Waals surface area (Å²) >= 11 is 0. The fourth-order valence-electron chi connectivity index (χ4n) is 3.46. The average molecular weight is 278 g/mol. The second-order valence-electron chi connectivity index (χ2n) is 6.68. The number of aromatic nitrogens is 2. The van der Waals surface area contributed by atoms with Crippen LogP contribution < -0.4 is 10.2 Å². The quantitative estimate of drug-likeness (QED) is 0.899. The summed E-state index contributed by atoms with van der Waals surface area (Å²) in [5, 5.41) is 3.78. The summed E-state index contributed by atoms with van der Waals surface area (Å²) < 4.78 is 2.18. The zero-order chi connectivity index (χ0) is 14.7. The summed E-state index contributed by atoms with van der Waals surface area (Å²) in [6.45, 7) is 5.64. The summed E-state index contributed by atoms with van der Waals surface area (Å²) in [7, 11) is 6.17. The van der Waals surface area contributed by atoms with E-state index < -0.39 is 0 Å². The Kier molecular flexibility index (Phi) is 5.08. The largest absolute Gasteiger partial charge is 0.348 e. The smallest absolute Gasteiger partial charge is 0.204 e. The van der Waals surface area contributed by atoms with Crippen molar-refractivity contribution in [3.8, 4) is 0 Å². The molecule has 2 atom stereocenters. The van der Waals surface area contributed by atoms with Gasteiger partial charge in [-0.25, -0.2) is 4.98 Å². The molecule has 1 fully saturated rings. The number of hydrogen-bond acceptors (Lipinski definition) is 3. The molecule has 20 heavy (non-hydrogen) atoms. The van der Waals surface area contributed by atoms with E-state index >= 15 is 0 Å². The number of imidazole rings is 1. The van der Waals surface area contributed by atoms with Crippen molar-refractivity contribution in [2.45, 2.75) is 52.1 Å². The summed E-state index contributed by atoms with van der Waals surface area (Å²) in [5.41, 5.74) is 1.27. The summed E-state index contributed by atoms with van der Waals surface area (Å²) in [5.74, 6) is 2.62. The van der Waals surface area contributed by atoms with E-state index in [1.165, 1.54) is 31.4 Å². The third-order valence-electron chi connectivity index (χ3n) is 4.68. The van der Waals surface area contributed by atoms with Gasteiger partial charge in [0, 0.05) is 33.7 Å². The molecule has 4 heteroatoms. The first kappa shape index (κ1) is 15.4. The van der Waals surface area contributed by atoms with Crippen LogP contribution in [0, 0.1) is 11.8 Å². The molecule has 2 unspecified atom stereocenters. The monoisotopic (exact) mass is 278 g/mol. The highest BCUT2D eigenvalue weighted by Crippen LogP contribution is 2.30. The fraction of sp³-hybridized carbons (Fsp3) is 0.812. The first-order valence-corrected chi connectivity index (χ1v) is 7.92. The van der Waals surface area contributed by atoms with Crippen LogP contribution in [0.3, 0.4) is 0 Å². The van der Waals surface area contributed by atoms with Gasteiger partial charge in [0.15, 0.2) is 0 Å². The zero-order valence-corrected chi connectivity index (χ0v) is 13.7. The van der Waals surface area contributed by atoms with Crippen LogP contribution in [-0.2, 0) is 13.6 Å². The molecule has 0 aliphatic heterocycles. The SMILES string of the molecule is CC(C)C1CCCCC1NCc1cnc(N(C)C)n1C. The van der Waals surface area contributed by atoms with Crippen molar-refractivity contribution in [2.75, 3.05) is 19.0 Å². The number of hydrogen-bond donors (Lipinski definition) is 1. The highest BCUT2D eigenvalue weighted by molar-refractivity contribution is 5.30. The van der Waals surface area contributed by atoms with Crippen molar-refractivity contribution in [2.24, 2.45) is 18.9 Å². The van der Waals surface area contributed by atoms with Crippen LogP contribution in [0.15, 0.2) is 6.20 Å². The second kappa shape index (κ2) is 6.61. The highest BCUT2D eigenvalue weighted by atomic mass is 15.3. The molecule has 114 valence electrons. The minimum atomic E-state index is 0.668. The maximum Gasteiger partial charge on any atom is 0.204 e. The van der Waals surface area contributed by atoms with Gasteiger partial charge in [0.2, 0.25) is 5.95 Å². The van der Waals surface area contributed by atoms with E-state index in [-0.39, 0.29) is 0 Å². The number of anilines is 1. The number of nitrogens with one attached hydrogen (secondary N) is 1. The van der Waals surface area contributed by atoms with Gasteiger partial charge < -0.3 is 14.8 Å². The molecule has 1 aromatic heterocycles. The molecule has 1 saturated carbocycles. The normalized spacial score (nSPS) is 23.3. The Morgan fingerprint density at radius 2 is 2.05 bits per heavy atom. The lowest BCUT2D eigenvalue weighted by atomic mass is 9.78. The molecule has 0 spiro atoms. The van der Waals surface area contributed by atoms with Crippen LogP contribution in [-0.4, -0.2) is 29.7 Å². The molecule has 0 amide bonds. The first-order chi connectivity index (χ1) is 9.50. The van der Waals surface area contributed by atoms with Crippen molar-refractivity contribution in [3.05, 3.63) is 11.9 Å². The minimum Gasteiger partial charge on any atom is -0.348 e. The Labute approximate surface area is 123 Å². The van der Waals surface area contributed by atoms with E-state index in [2.05, 4.69) is 40.7 Å². The third kappa shape index (κ3) is 3.35. The van der Waals surface area contributed by atoms with E-state index in [1.54, 1.807) is 0 Å². The number of rotatable bonds is 5. The van der Waals surface area contributed by atoms with Crippen LogP contribution in [0.1, 0.15) is 45.2 Å². The predicted octanol–water partition coefficient (Wildman–Crippen LogP) is 2.79.